The van der Waals surface area contributed by atoms with Gasteiger partial charge in [-0.05, 0) is 34.7 Å². The van der Waals surface area contributed by atoms with Crippen LogP contribution in [0.25, 0.3) is 0 Å². The molecule has 1 heterocycles. The summed E-state index contributed by atoms with van der Waals surface area (Å²) in [5, 5.41) is 10.2. The first-order valence-electron chi connectivity index (χ1n) is 3.86. The standard InChI is InChI=1S/C8H7IN4O/c9-5-3-1-2-4-6(5)11-8-13-12-7(10)14-8/h1-4H,(H2,10,12)(H,11,13). The maximum absolute atomic E-state index is 5.29. The smallest absolute Gasteiger partial charge is 0.321 e. The first-order chi connectivity index (χ1) is 6.75. The lowest BCUT2D eigenvalue weighted by atomic mass is 10.3. The van der Waals surface area contributed by atoms with Crippen LogP contribution in [-0.4, -0.2) is 10.2 Å². The van der Waals surface area contributed by atoms with Gasteiger partial charge in [0, 0.05) is 3.57 Å². The van der Waals surface area contributed by atoms with Crippen LogP contribution in [0.3, 0.4) is 0 Å². The van der Waals surface area contributed by atoms with E-state index in [-0.39, 0.29) is 6.01 Å². The minimum absolute atomic E-state index is 0.0541. The number of rotatable bonds is 2. The van der Waals surface area contributed by atoms with E-state index in [1.807, 2.05) is 24.3 Å². The van der Waals surface area contributed by atoms with Crippen molar-refractivity contribution in [3.8, 4) is 0 Å². The number of hydrogen-bond acceptors (Lipinski definition) is 5. The van der Waals surface area contributed by atoms with Crippen molar-refractivity contribution < 1.29 is 4.42 Å². The molecule has 0 aliphatic carbocycles. The van der Waals surface area contributed by atoms with Gasteiger partial charge in [-0.2, -0.15) is 0 Å². The van der Waals surface area contributed by atoms with E-state index in [0.717, 1.165) is 9.26 Å². The summed E-state index contributed by atoms with van der Waals surface area (Å²) in [4.78, 5) is 0. The Labute approximate surface area is 93.8 Å². The normalized spacial score (nSPS) is 10.1. The molecule has 3 N–H and O–H groups in total. The summed E-state index contributed by atoms with van der Waals surface area (Å²) in [7, 11) is 0. The number of nitrogens with one attached hydrogen (secondary N) is 1. The van der Waals surface area contributed by atoms with Crippen molar-refractivity contribution in [1.29, 1.82) is 0 Å². The Kier molecular flexibility index (Phi) is 2.53. The second-order valence-electron chi connectivity index (χ2n) is 2.55. The van der Waals surface area contributed by atoms with Crippen molar-refractivity contribution in [3.05, 3.63) is 27.8 Å². The van der Waals surface area contributed by atoms with Gasteiger partial charge in [0.1, 0.15) is 0 Å². The highest BCUT2D eigenvalue weighted by atomic mass is 127. The van der Waals surface area contributed by atoms with Crippen LogP contribution in [0.1, 0.15) is 0 Å². The van der Waals surface area contributed by atoms with Gasteiger partial charge in [-0.1, -0.05) is 22.3 Å². The fourth-order valence-electron chi connectivity index (χ4n) is 0.963. The maximum atomic E-state index is 5.29. The number of nitrogens with zero attached hydrogens (tertiary/aromatic N) is 2. The Morgan fingerprint density at radius 1 is 1.29 bits per heavy atom. The third-order valence-corrected chi connectivity index (χ3v) is 2.50. The number of hydrogen-bond donors (Lipinski definition) is 2. The lowest BCUT2D eigenvalue weighted by molar-refractivity contribution is 0.593. The Hall–Kier alpha value is -1.31. The molecule has 0 aliphatic rings. The second-order valence-corrected chi connectivity index (χ2v) is 3.71. The van der Waals surface area contributed by atoms with E-state index in [1.165, 1.54) is 0 Å². The number of nitrogen functional groups attached to an aromatic ring is 1. The molecule has 6 heteroatoms. The van der Waals surface area contributed by atoms with Crippen molar-refractivity contribution in [2.24, 2.45) is 0 Å². The zero-order valence-electron chi connectivity index (χ0n) is 7.07. The highest BCUT2D eigenvalue weighted by Gasteiger charge is 2.04. The topological polar surface area (TPSA) is 77.0 Å². The summed E-state index contributed by atoms with van der Waals surface area (Å²) in [6.45, 7) is 0. The largest absolute Gasteiger partial charge is 0.389 e. The van der Waals surface area contributed by atoms with E-state index < -0.39 is 0 Å². The van der Waals surface area contributed by atoms with Crippen LogP contribution in [0.5, 0.6) is 0 Å². The van der Waals surface area contributed by atoms with Gasteiger partial charge in [-0.15, -0.1) is 0 Å². The van der Waals surface area contributed by atoms with Crippen molar-refractivity contribution in [2.45, 2.75) is 0 Å². The maximum Gasteiger partial charge on any atom is 0.321 e. The van der Waals surface area contributed by atoms with E-state index in [2.05, 4.69) is 38.1 Å². The van der Waals surface area contributed by atoms with Gasteiger partial charge in [0.2, 0.25) is 0 Å². The zero-order valence-corrected chi connectivity index (χ0v) is 9.22. The molecule has 0 spiro atoms. The van der Waals surface area contributed by atoms with Crippen LogP contribution in [-0.2, 0) is 0 Å². The van der Waals surface area contributed by atoms with Gasteiger partial charge in [0.15, 0.2) is 0 Å². The Bertz CT molecular complexity index is 442. The summed E-state index contributed by atoms with van der Waals surface area (Å²) in [5.41, 5.74) is 6.20. The van der Waals surface area contributed by atoms with Crippen LogP contribution < -0.4 is 11.1 Å². The second kappa shape index (κ2) is 3.82. The van der Waals surface area contributed by atoms with Gasteiger partial charge in [-0.25, -0.2) is 0 Å². The fourth-order valence-corrected chi connectivity index (χ4v) is 1.49. The minimum Gasteiger partial charge on any atom is -0.389 e. The zero-order chi connectivity index (χ0) is 9.97. The molecular weight excluding hydrogens is 295 g/mol. The Morgan fingerprint density at radius 2 is 2.07 bits per heavy atom. The summed E-state index contributed by atoms with van der Waals surface area (Å²) >= 11 is 2.21. The molecule has 2 aromatic rings. The molecule has 1 aromatic carbocycles. The quantitative estimate of drug-likeness (QED) is 0.830. The van der Waals surface area contributed by atoms with Gasteiger partial charge < -0.3 is 15.5 Å². The Morgan fingerprint density at radius 3 is 2.71 bits per heavy atom. The lowest BCUT2D eigenvalue weighted by Crippen LogP contribution is -1.92. The van der Waals surface area contributed by atoms with Crippen molar-refractivity contribution in [1.82, 2.24) is 10.2 Å². The molecule has 72 valence electrons. The van der Waals surface area contributed by atoms with Gasteiger partial charge in [0.05, 0.1) is 5.69 Å². The van der Waals surface area contributed by atoms with Gasteiger partial charge >= 0.3 is 12.0 Å². The molecule has 2 rings (SSSR count). The molecule has 1 aromatic heterocycles. The molecule has 0 aliphatic heterocycles. The van der Waals surface area contributed by atoms with Crippen LogP contribution >= 0.6 is 22.6 Å². The van der Waals surface area contributed by atoms with Gasteiger partial charge in [-0.3, -0.25) is 0 Å². The van der Waals surface area contributed by atoms with E-state index >= 15 is 0 Å². The number of para-hydroxylation sites is 1. The predicted octanol–water partition coefficient (Wildman–Crippen LogP) is 2.00. The van der Waals surface area contributed by atoms with E-state index in [1.54, 1.807) is 0 Å². The molecule has 5 nitrogen and oxygen atoms in total. The van der Waals surface area contributed by atoms with E-state index in [0.29, 0.717) is 6.01 Å². The molecule has 0 fully saturated rings. The lowest BCUT2D eigenvalue weighted by Gasteiger charge is -2.02. The van der Waals surface area contributed by atoms with E-state index in [9.17, 15) is 0 Å². The first-order valence-corrected chi connectivity index (χ1v) is 4.94. The summed E-state index contributed by atoms with van der Waals surface area (Å²) in [5.74, 6) is 0. The van der Waals surface area contributed by atoms with Crippen LogP contribution in [0.15, 0.2) is 28.7 Å². The molecular formula is C8H7IN4O. The highest BCUT2D eigenvalue weighted by Crippen LogP contribution is 2.21. The highest BCUT2D eigenvalue weighted by molar-refractivity contribution is 14.1. The summed E-state index contributed by atoms with van der Waals surface area (Å²) < 4.78 is 6.05. The average Bonchev–Trinajstić information content (AvgIpc) is 2.56. The first kappa shape index (κ1) is 9.25. The molecule has 0 unspecified atom stereocenters. The van der Waals surface area contributed by atoms with Crippen molar-refractivity contribution in [2.75, 3.05) is 11.1 Å². The molecule has 0 bridgehead atoms. The molecule has 0 saturated carbocycles. The third-order valence-electron chi connectivity index (χ3n) is 1.56. The van der Waals surface area contributed by atoms with Crippen LogP contribution in [0, 0.1) is 3.57 Å². The van der Waals surface area contributed by atoms with Crippen LogP contribution in [0.4, 0.5) is 17.7 Å². The Balaban J connectivity index is 2.23. The van der Waals surface area contributed by atoms with Crippen molar-refractivity contribution >= 4 is 40.3 Å². The summed E-state index contributed by atoms with van der Waals surface area (Å²) in [6, 6.07) is 8.12. The number of halogens is 1. The molecule has 14 heavy (non-hydrogen) atoms. The van der Waals surface area contributed by atoms with Crippen LogP contribution in [0.2, 0.25) is 0 Å². The monoisotopic (exact) mass is 302 g/mol. The predicted molar refractivity (Wildman–Crippen MR) is 61.2 cm³/mol. The molecule has 0 saturated heterocycles. The molecule has 0 amide bonds. The number of benzene rings is 1. The molecule has 0 atom stereocenters. The SMILES string of the molecule is Nc1nnc(Nc2ccccc2I)o1. The number of nitrogens with two attached hydrogens (primary N) is 1. The van der Waals surface area contributed by atoms with Gasteiger partial charge in [0.25, 0.3) is 0 Å². The van der Waals surface area contributed by atoms with E-state index in [4.69, 9.17) is 10.2 Å². The van der Waals surface area contributed by atoms with Crippen molar-refractivity contribution in [3.63, 3.8) is 0 Å². The number of anilines is 3. The minimum atomic E-state index is 0.0541. The fraction of sp³-hybridized carbons (Fsp3) is 0. The third kappa shape index (κ3) is 1.95. The number of aromatic nitrogens is 2. The average molecular weight is 302 g/mol. The molecule has 0 radical (unpaired) electrons. The summed E-state index contributed by atoms with van der Waals surface area (Å²) in [6.07, 6.45) is 0.